The Bertz CT molecular complexity index is 579. The summed E-state index contributed by atoms with van der Waals surface area (Å²) in [5.41, 5.74) is 0.734. The van der Waals surface area contributed by atoms with Crippen molar-refractivity contribution in [1.29, 1.82) is 0 Å². The highest BCUT2D eigenvalue weighted by molar-refractivity contribution is 5.89. The van der Waals surface area contributed by atoms with Crippen LogP contribution in [-0.4, -0.2) is 49.9 Å². The molecule has 0 aliphatic carbocycles. The van der Waals surface area contributed by atoms with Crippen LogP contribution in [0, 0.1) is 0 Å². The summed E-state index contributed by atoms with van der Waals surface area (Å²) >= 11 is 0. The molecule has 1 aromatic rings. The smallest absolute Gasteiger partial charge is 0.321 e. The van der Waals surface area contributed by atoms with Crippen LogP contribution in [-0.2, 0) is 4.74 Å². The fourth-order valence-electron chi connectivity index (χ4n) is 3.16. The van der Waals surface area contributed by atoms with E-state index in [0.717, 1.165) is 63.2 Å². The highest BCUT2D eigenvalue weighted by Crippen LogP contribution is 2.32. The molecule has 1 aromatic carbocycles. The van der Waals surface area contributed by atoms with Gasteiger partial charge in [0, 0.05) is 37.9 Å². The number of amides is 2. The van der Waals surface area contributed by atoms with Gasteiger partial charge in [0.05, 0.1) is 19.3 Å². The molecule has 0 bridgehead atoms. The van der Waals surface area contributed by atoms with Gasteiger partial charge in [0.25, 0.3) is 0 Å². The van der Waals surface area contributed by atoms with Gasteiger partial charge in [-0.15, -0.1) is 0 Å². The summed E-state index contributed by atoms with van der Waals surface area (Å²) in [6.45, 7) is 5.70. The number of benzene rings is 1. The van der Waals surface area contributed by atoms with E-state index in [1.807, 2.05) is 23.1 Å². The van der Waals surface area contributed by atoms with E-state index in [2.05, 4.69) is 12.2 Å². The first-order valence-corrected chi connectivity index (χ1v) is 9.33. The van der Waals surface area contributed by atoms with E-state index in [-0.39, 0.29) is 12.1 Å². The molecule has 1 fully saturated rings. The Balaban J connectivity index is 1.56. The molecule has 25 heavy (non-hydrogen) atoms. The van der Waals surface area contributed by atoms with Gasteiger partial charge in [0.15, 0.2) is 11.5 Å². The summed E-state index contributed by atoms with van der Waals surface area (Å²) in [7, 11) is 0. The first kappa shape index (κ1) is 17.9. The van der Waals surface area contributed by atoms with Crippen LogP contribution >= 0.6 is 0 Å². The van der Waals surface area contributed by atoms with E-state index in [1.54, 1.807) is 0 Å². The van der Waals surface area contributed by atoms with Gasteiger partial charge in [-0.25, -0.2) is 4.79 Å². The average Bonchev–Trinajstić information content (AvgIpc) is 3.00. The molecule has 6 nitrogen and oxygen atoms in total. The number of anilines is 1. The number of nitrogens with one attached hydrogen (secondary N) is 1. The zero-order valence-corrected chi connectivity index (χ0v) is 15.0. The van der Waals surface area contributed by atoms with Gasteiger partial charge in [-0.05, 0) is 37.8 Å². The summed E-state index contributed by atoms with van der Waals surface area (Å²) in [4.78, 5) is 14.5. The van der Waals surface area contributed by atoms with Crippen LogP contribution in [0.15, 0.2) is 18.2 Å². The van der Waals surface area contributed by atoms with Gasteiger partial charge in [0.2, 0.25) is 0 Å². The fraction of sp³-hybridized carbons (Fsp3) is 0.632. The van der Waals surface area contributed by atoms with E-state index < -0.39 is 0 Å². The van der Waals surface area contributed by atoms with E-state index >= 15 is 0 Å². The van der Waals surface area contributed by atoms with Gasteiger partial charge >= 0.3 is 6.03 Å². The van der Waals surface area contributed by atoms with Crippen molar-refractivity contribution in [2.24, 2.45) is 0 Å². The second-order valence-electron chi connectivity index (χ2n) is 6.55. The molecular formula is C19H28N2O4. The quantitative estimate of drug-likeness (QED) is 0.902. The molecule has 0 radical (unpaired) electrons. The van der Waals surface area contributed by atoms with E-state index in [0.29, 0.717) is 19.0 Å². The molecule has 138 valence electrons. The number of urea groups is 1. The number of rotatable bonds is 4. The van der Waals surface area contributed by atoms with Gasteiger partial charge in [-0.1, -0.05) is 6.92 Å². The molecule has 0 aromatic heterocycles. The molecule has 0 saturated carbocycles. The van der Waals surface area contributed by atoms with E-state index in [1.165, 1.54) is 0 Å². The van der Waals surface area contributed by atoms with Gasteiger partial charge < -0.3 is 24.4 Å². The second-order valence-corrected chi connectivity index (χ2v) is 6.55. The number of carbonyl (C=O) groups is 1. The van der Waals surface area contributed by atoms with Gasteiger partial charge in [-0.3, -0.25) is 0 Å². The third-order valence-corrected chi connectivity index (χ3v) is 4.52. The SMILES string of the molecule is CCCOC1CCCN(C(=O)Nc2ccc3c(c2)OCCCO3)CC1. The third kappa shape index (κ3) is 5.01. The summed E-state index contributed by atoms with van der Waals surface area (Å²) in [5, 5.41) is 2.98. The van der Waals surface area contributed by atoms with Crippen molar-refractivity contribution >= 4 is 11.7 Å². The summed E-state index contributed by atoms with van der Waals surface area (Å²) in [6.07, 6.45) is 5.07. The summed E-state index contributed by atoms with van der Waals surface area (Å²) in [6, 6.07) is 5.48. The molecule has 2 aliphatic heterocycles. The zero-order chi connectivity index (χ0) is 17.5. The Labute approximate surface area is 149 Å². The maximum absolute atomic E-state index is 12.6. The third-order valence-electron chi connectivity index (χ3n) is 4.52. The molecule has 1 atom stereocenters. The molecule has 2 amide bonds. The van der Waals surface area contributed by atoms with Crippen molar-refractivity contribution in [2.75, 3.05) is 38.2 Å². The highest BCUT2D eigenvalue weighted by Gasteiger charge is 2.21. The van der Waals surface area contributed by atoms with Crippen LogP contribution < -0.4 is 14.8 Å². The van der Waals surface area contributed by atoms with Crippen LogP contribution in [0.25, 0.3) is 0 Å². The fourth-order valence-corrected chi connectivity index (χ4v) is 3.16. The minimum atomic E-state index is -0.0642. The van der Waals surface area contributed by atoms with Crippen LogP contribution in [0.3, 0.4) is 0 Å². The molecule has 2 heterocycles. The molecular weight excluding hydrogens is 320 g/mol. The van der Waals surface area contributed by atoms with Crippen molar-refractivity contribution in [3.63, 3.8) is 0 Å². The number of ether oxygens (including phenoxy) is 3. The van der Waals surface area contributed by atoms with Crippen molar-refractivity contribution in [1.82, 2.24) is 4.90 Å². The second kappa shape index (κ2) is 8.94. The van der Waals surface area contributed by atoms with Crippen molar-refractivity contribution in [2.45, 2.75) is 45.1 Å². The van der Waals surface area contributed by atoms with Gasteiger partial charge in [0.1, 0.15) is 0 Å². The summed E-state index contributed by atoms with van der Waals surface area (Å²) in [5.74, 6) is 1.43. The predicted molar refractivity (Wildman–Crippen MR) is 96.5 cm³/mol. The lowest BCUT2D eigenvalue weighted by molar-refractivity contribution is 0.0446. The molecule has 1 saturated heterocycles. The predicted octanol–water partition coefficient (Wildman–Crippen LogP) is 3.66. The number of nitrogens with zero attached hydrogens (tertiary/aromatic N) is 1. The monoisotopic (exact) mass is 348 g/mol. The molecule has 1 unspecified atom stereocenters. The molecule has 3 rings (SSSR count). The Kier molecular flexibility index (Phi) is 6.39. The minimum absolute atomic E-state index is 0.0642. The Morgan fingerprint density at radius 1 is 1.20 bits per heavy atom. The number of likely N-dealkylation sites (tertiary alicyclic amines) is 1. The lowest BCUT2D eigenvalue weighted by Crippen LogP contribution is -2.36. The lowest BCUT2D eigenvalue weighted by Gasteiger charge is -2.21. The van der Waals surface area contributed by atoms with Gasteiger partial charge in [-0.2, -0.15) is 0 Å². The van der Waals surface area contributed by atoms with E-state index in [9.17, 15) is 4.79 Å². The number of fused-ring (bicyclic) bond motifs is 1. The number of hydrogen-bond acceptors (Lipinski definition) is 4. The minimum Gasteiger partial charge on any atom is -0.490 e. The van der Waals surface area contributed by atoms with Crippen LogP contribution in [0.4, 0.5) is 10.5 Å². The van der Waals surface area contributed by atoms with Crippen LogP contribution in [0.1, 0.15) is 39.0 Å². The highest BCUT2D eigenvalue weighted by atomic mass is 16.5. The molecule has 6 heteroatoms. The summed E-state index contributed by atoms with van der Waals surface area (Å²) < 4.78 is 17.1. The molecule has 2 aliphatic rings. The Hall–Kier alpha value is -1.95. The average molecular weight is 348 g/mol. The molecule has 0 spiro atoms. The zero-order valence-electron chi connectivity index (χ0n) is 15.0. The van der Waals surface area contributed by atoms with Crippen molar-refractivity contribution < 1.29 is 19.0 Å². The van der Waals surface area contributed by atoms with Crippen LogP contribution in [0.5, 0.6) is 11.5 Å². The van der Waals surface area contributed by atoms with Crippen molar-refractivity contribution in [3.8, 4) is 11.5 Å². The van der Waals surface area contributed by atoms with Crippen molar-refractivity contribution in [3.05, 3.63) is 18.2 Å². The Morgan fingerprint density at radius 2 is 2.04 bits per heavy atom. The maximum atomic E-state index is 12.6. The standard InChI is InChI=1S/C19H28N2O4/c1-2-11-23-16-5-3-9-21(10-8-16)19(22)20-15-6-7-17-18(14-15)25-13-4-12-24-17/h6-7,14,16H,2-5,8-13H2,1H3,(H,20,22). The first-order valence-electron chi connectivity index (χ1n) is 9.33. The number of hydrogen-bond donors (Lipinski definition) is 1. The molecule has 1 N–H and O–H groups in total. The normalized spacial score (nSPS) is 20.5. The largest absolute Gasteiger partial charge is 0.490 e. The number of carbonyl (C=O) groups excluding carboxylic acids is 1. The van der Waals surface area contributed by atoms with E-state index in [4.69, 9.17) is 14.2 Å². The Morgan fingerprint density at radius 3 is 2.88 bits per heavy atom. The topological polar surface area (TPSA) is 60.0 Å². The van der Waals surface area contributed by atoms with Crippen LogP contribution in [0.2, 0.25) is 0 Å². The first-order chi connectivity index (χ1) is 12.3. The lowest BCUT2D eigenvalue weighted by atomic mass is 10.2. The maximum Gasteiger partial charge on any atom is 0.321 e.